The highest BCUT2D eigenvalue weighted by Crippen LogP contribution is 2.49. The Balaban J connectivity index is 1.37. The van der Waals surface area contributed by atoms with Gasteiger partial charge in [-0.3, -0.25) is 29.0 Å². The number of halogens is 1. The molecule has 278 valence electrons. The summed E-state index contributed by atoms with van der Waals surface area (Å²) in [5.41, 5.74) is 2.25. The lowest BCUT2D eigenvalue weighted by Crippen LogP contribution is -2.47. The third-order valence-electron chi connectivity index (χ3n) is 12.0. The first-order valence-corrected chi connectivity index (χ1v) is 21.2. The number of unbranched alkanes of at least 4 members (excludes halogenated alkanes) is 8. The van der Waals surface area contributed by atoms with Gasteiger partial charge >= 0.3 is 0 Å². The van der Waals surface area contributed by atoms with Gasteiger partial charge in [-0.2, -0.15) is 0 Å². The van der Waals surface area contributed by atoms with E-state index in [1.807, 2.05) is 42.5 Å². The minimum atomic E-state index is -0.218. The number of fused-ring (bicyclic) bond motifs is 2. The SMILES string of the molecule is CCCCCC(CCCCC)N1C(=O)c2ccc3c4ccc5c6c(cc(Br)c(c7ccc(c2c37)C1=O)c64)C(=O)N(C(CCCCC)CCCCC)C5=O. The molecule has 0 spiro atoms. The summed E-state index contributed by atoms with van der Waals surface area (Å²) in [5.74, 6) is -0.837. The molecule has 0 fully saturated rings. The minimum Gasteiger partial charge on any atom is -0.271 e. The number of imide groups is 2. The molecule has 7 heteroatoms. The summed E-state index contributed by atoms with van der Waals surface area (Å²) >= 11 is 3.89. The number of hydrogen-bond donors (Lipinski definition) is 0. The normalized spacial score (nSPS) is 14.6. The van der Waals surface area contributed by atoms with E-state index in [-0.39, 0.29) is 35.7 Å². The number of carbonyl (C=O) groups excluding carboxylic acids is 4. The number of amides is 4. The molecule has 0 radical (unpaired) electrons. The average molecular weight is 778 g/mol. The van der Waals surface area contributed by atoms with Crippen LogP contribution in [-0.4, -0.2) is 45.5 Å². The molecule has 7 rings (SSSR count). The van der Waals surface area contributed by atoms with E-state index in [2.05, 4.69) is 43.6 Å². The standard InChI is InChI=1S/C46H53BrN2O4/c1-5-9-13-17-28(18-14-10-6-2)48-43(50)33-24-21-30-31-22-25-35-40-36(46(53)49(45(35)52)29(19-15-11-7-3)20-16-12-8-4)27-37(47)41(42(31)40)32-23-26-34(44(48)51)39(33)38(30)32/h21-29H,5-20H2,1-4H3. The van der Waals surface area contributed by atoms with Gasteiger partial charge in [0, 0.05) is 60.4 Å². The molecule has 2 heterocycles. The monoisotopic (exact) mass is 776 g/mol. The zero-order valence-electron chi connectivity index (χ0n) is 31.9. The van der Waals surface area contributed by atoms with Crippen molar-refractivity contribution in [1.29, 1.82) is 0 Å². The molecule has 2 aliphatic rings. The van der Waals surface area contributed by atoms with Crippen molar-refractivity contribution in [3.63, 3.8) is 0 Å². The van der Waals surface area contributed by atoms with Crippen LogP contribution in [0.2, 0.25) is 0 Å². The summed E-state index contributed by atoms with van der Waals surface area (Å²) in [5, 5.41) is 6.79. The first-order valence-electron chi connectivity index (χ1n) is 20.4. The van der Waals surface area contributed by atoms with Crippen LogP contribution in [-0.2, 0) is 0 Å². The number of carbonyl (C=O) groups is 4. The van der Waals surface area contributed by atoms with Crippen molar-refractivity contribution in [3.8, 4) is 0 Å². The highest BCUT2D eigenvalue weighted by atomic mass is 79.9. The van der Waals surface area contributed by atoms with Gasteiger partial charge in [-0.1, -0.05) is 139 Å². The van der Waals surface area contributed by atoms with Crippen LogP contribution in [0.1, 0.15) is 172 Å². The first kappa shape index (κ1) is 37.5. The predicted octanol–water partition coefficient (Wildman–Crippen LogP) is 12.8. The largest absolute Gasteiger partial charge is 0.271 e. The number of hydrogen-bond acceptors (Lipinski definition) is 4. The molecule has 0 unspecified atom stereocenters. The third-order valence-corrected chi connectivity index (χ3v) is 12.7. The van der Waals surface area contributed by atoms with E-state index >= 15 is 0 Å². The van der Waals surface area contributed by atoms with Gasteiger partial charge in [-0.05, 0) is 71.5 Å². The first-order chi connectivity index (χ1) is 25.8. The van der Waals surface area contributed by atoms with Gasteiger partial charge in [0.1, 0.15) is 0 Å². The molecule has 0 bridgehead atoms. The van der Waals surface area contributed by atoms with Crippen LogP contribution in [0.4, 0.5) is 0 Å². The number of rotatable bonds is 18. The van der Waals surface area contributed by atoms with E-state index in [1.165, 1.54) is 0 Å². The second-order valence-electron chi connectivity index (χ2n) is 15.5. The molecule has 0 saturated carbocycles. The van der Waals surface area contributed by atoms with Crippen molar-refractivity contribution in [2.75, 3.05) is 0 Å². The summed E-state index contributed by atoms with van der Waals surface area (Å²) in [6.07, 6.45) is 15.9. The Morgan fingerprint density at radius 3 is 1.21 bits per heavy atom. The van der Waals surface area contributed by atoms with Crippen molar-refractivity contribution in [2.45, 2.75) is 143 Å². The van der Waals surface area contributed by atoms with Crippen LogP contribution in [0.25, 0.3) is 43.1 Å². The Bertz CT molecular complexity index is 2180. The molecule has 0 aliphatic carbocycles. The Morgan fingerprint density at radius 1 is 0.434 bits per heavy atom. The van der Waals surface area contributed by atoms with Crippen LogP contribution in [0.15, 0.2) is 46.9 Å². The molecular formula is C46H53BrN2O4. The Kier molecular flexibility index (Phi) is 11.2. The van der Waals surface area contributed by atoms with E-state index in [9.17, 15) is 19.2 Å². The lowest BCUT2D eigenvalue weighted by molar-refractivity contribution is 0.0501. The van der Waals surface area contributed by atoms with Crippen molar-refractivity contribution >= 4 is 82.6 Å². The molecular weight excluding hydrogens is 724 g/mol. The van der Waals surface area contributed by atoms with Crippen molar-refractivity contribution in [3.05, 3.63) is 69.2 Å². The van der Waals surface area contributed by atoms with Crippen LogP contribution in [0.5, 0.6) is 0 Å². The van der Waals surface area contributed by atoms with Gasteiger partial charge < -0.3 is 0 Å². The van der Waals surface area contributed by atoms with Crippen LogP contribution < -0.4 is 0 Å². The number of benzene rings is 5. The molecule has 2 aliphatic heterocycles. The highest BCUT2D eigenvalue weighted by molar-refractivity contribution is 9.10. The second-order valence-corrected chi connectivity index (χ2v) is 16.4. The van der Waals surface area contributed by atoms with Gasteiger partial charge in [-0.15, -0.1) is 0 Å². The van der Waals surface area contributed by atoms with Gasteiger partial charge in [0.2, 0.25) is 0 Å². The van der Waals surface area contributed by atoms with Crippen LogP contribution >= 0.6 is 15.9 Å². The lowest BCUT2D eigenvalue weighted by Gasteiger charge is -2.35. The minimum absolute atomic E-state index is 0.123. The maximum Gasteiger partial charge on any atom is 0.261 e. The molecule has 5 aromatic carbocycles. The van der Waals surface area contributed by atoms with Crippen molar-refractivity contribution in [1.82, 2.24) is 9.80 Å². The van der Waals surface area contributed by atoms with Crippen LogP contribution in [0.3, 0.4) is 0 Å². The van der Waals surface area contributed by atoms with E-state index in [0.29, 0.717) is 33.0 Å². The number of nitrogens with zero attached hydrogens (tertiary/aromatic N) is 2. The van der Waals surface area contributed by atoms with Gasteiger partial charge in [0.15, 0.2) is 0 Å². The Morgan fingerprint density at radius 2 is 0.792 bits per heavy atom. The zero-order valence-corrected chi connectivity index (χ0v) is 33.5. The predicted molar refractivity (Wildman–Crippen MR) is 220 cm³/mol. The molecule has 0 aromatic heterocycles. The summed E-state index contributed by atoms with van der Waals surface area (Å²) in [6.45, 7) is 8.70. The quantitative estimate of drug-likeness (QED) is 0.0384. The van der Waals surface area contributed by atoms with E-state index < -0.39 is 0 Å². The highest BCUT2D eigenvalue weighted by Gasteiger charge is 2.41. The van der Waals surface area contributed by atoms with Gasteiger partial charge in [-0.25, -0.2) is 0 Å². The molecule has 0 saturated heterocycles. The lowest BCUT2D eigenvalue weighted by atomic mass is 9.81. The van der Waals surface area contributed by atoms with Crippen molar-refractivity contribution < 1.29 is 19.2 Å². The zero-order chi connectivity index (χ0) is 37.4. The summed E-state index contributed by atoms with van der Waals surface area (Å²) in [6, 6.07) is 13.4. The van der Waals surface area contributed by atoms with E-state index in [0.717, 1.165) is 140 Å². The topological polar surface area (TPSA) is 74.8 Å². The summed E-state index contributed by atoms with van der Waals surface area (Å²) in [7, 11) is 0. The summed E-state index contributed by atoms with van der Waals surface area (Å²) in [4.78, 5) is 60.9. The van der Waals surface area contributed by atoms with E-state index in [4.69, 9.17) is 0 Å². The fraction of sp³-hybridized carbons (Fsp3) is 0.478. The molecule has 4 amide bonds. The third kappa shape index (κ3) is 6.35. The maximum absolute atomic E-state index is 14.5. The smallest absolute Gasteiger partial charge is 0.261 e. The Hall–Kier alpha value is -3.84. The van der Waals surface area contributed by atoms with Gasteiger partial charge in [0.05, 0.1) is 0 Å². The van der Waals surface area contributed by atoms with E-state index in [1.54, 1.807) is 9.80 Å². The fourth-order valence-electron chi connectivity index (χ4n) is 9.34. The maximum atomic E-state index is 14.5. The molecule has 6 nitrogen and oxygen atoms in total. The average Bonchev–Trinajstić information content (AvgIpc) is 3.15. The fourth-order valence-corrected chi connectivity index (χ4v) is 9.98. The van der Waals surface area contributed by atoms with Gasteiger partial charge in [0.25, 0.3) is 23.6 Å². The Labute approximate surface area is 322 Å². The molecule has 0 atom stereocenters. The second kappa shape index (κ2) is 15.9. The van der Waals surface area contributed by atoms with Crippen molar-refractivity contribution in [2.24, 2.45) is 0 Å². The molecule has 5 aromatic rings. The summed E-state index contributed by atoms with van der Waals surface area (Å²) < 4.78 is 0.767. The molecule has 53 heavy (non-hydrogen) atoms. The van der Waals surface area contributed by atoms with Crippen LogP contribution in [0, 0.1) is 0 Å². The molecule has 0 N–H and O–H groups in total.